The van der Waals surface area contributed by atoms with E-state index >= 15 is 0 Å². The van der Waals surface area contributed by atoms with Gasteiger partial charge in [0.1, 0.15) is 29.0 Å². The highest BCUT2D eigenvalue weighted by molar-refractivity contribution is 5.89. The number of aliphatic hydroxyl groups is 4. The number of ether oxygens (including phenoxy) is 2. The Morgan fingerprint density at radius 1 is 0.956 bits per heavy atom. The number of carbonyl (C=O) groups excluding carboxylic acids is 2. The Hall–Kier alpha value is -3.30. The lowest BCUT2D eigenvalue weighted by atomic mass is 9.42. The second-order valence-corrected chi connectivity index (χ2v) is 14.0. The molecule has 0 heterocycles. The molecular formula is C37H44O8. The number of benzene rings is 2. The van der Waals surface area contributed by atoms with Gasteiger partial charge in [-0.15, -0.1) is 0 Å². The molecule has 0 bridgehead atoms. The number of aliphatic hydroxyl groups excluding tert-OH is 1. The molecule has 4 N–H and O–H groups in total. The van der Waals surface area contributed by atoms with Crippen LogP contribution in [0.3, 0.4) is 0 Å². The Balaban J connectivity index is 1.40. The molecule has 9 atom stereocenters. The number of hydrogen-bond donors (Lipinski definition) is 4. The number of fused-ring (bicyclic) bond motifs is 5. The lowest BCUT2D eigenvalue weighted by molar-refractivity contribution is -0.326. The maximum absolute atomic E-state index is 13.4. The van der Waals surface area contributed by atoms with E-state index in [1.54, 1.807) is 50.3 Å². The molecule has 240 valence electrons. The van der Waals surface area contributed by atoms with Crippen LogP contribution in [-0.4, -0.2) is 67.5 Å². The highest BCUT2D eigenvalue weighted by Crippen LogP contribution is 2.71. The molecule has 45 heavy (non-hydrogen) atoms. The highest BCUT2D eigenvalue weighted by Gasteiger charge is 2.81. The summed E-state index contributed by atoms with van der Waals surface area (Å²) < 4.78 is 12.1. The van der Waals surface area contributed by atoms with Gasteiger partial charge in [0.2, 0.25) is 0 Å². The van der Waals surface area contributed by atoms with Gasteiger partial charge >= 0.3 is 11.9 Å². The Labute approximate surface area is 264 Å². The standard InChI is InChI=1S/C37H44O8/c1-24(44-32(40)26-12-8-5-9-13-26)35(41)20-21-37(43)34(35,3)30(45-31(39)15-14-25-10-6-4-7-11-25)23-29-33(2)18-17-28(38)22-27(33)16-19-36(29,37)42/h4-16,24,28-30,38,41-43H,17-23H2,1-3H3/b15-14+/t24?,28?,29-,30?,33+,34-,35+,36+,37+/m1/s1. The molecule has 0 amide bonds. The lowest BCUT2D eigenvalue weighted by Crippen LogP contribution is -2.78. The van der Waals surface area contributed by atoms with Crippen LogP contribution in [0.25, 0.3) is 6.08 Å². The molecule has 2 aromatic carbocycles. The first-order chi connectivity index (χ1) is 21.3. The largest absolute Gasteiger partial charge is 0.458 e. The van der Waals surface area contributed by atoms with E-state index in [0.29, 0.717) is 24.8 Å². The summed E-state index contributed by atoms with van der Waals surface area (Å²) >= 11 is 0. The second kappa shape index (κ2) is 11.2. The van der Waals surface area contributed by atoms with Gasteiger partial charge in [0.25, 0.3) is 0 Å². The average molecular weight is 617 g/mol. The summed E-state index contributed by atoms with van der Waals surface area (Å²) in [5, 5.41) is 48.6. The summed E-state index contributed by atoms with van der Waals surface area (Å²) in [5.74, 6) is -1.78. The molecule has 3 saturated carbocycles. The minimum atomic E-state index is -1.90. The zero-order chi connectivity index (χ0) is 32.3. The van der Waals surface area contributed by atoms with Gasteiger partial charge in [-0.05, 0) is 81.1 Å². The Bertz CT molecular complexity index is 1500. The lowest BCUT2D eigenvalue weighted by Gasteiger charge is -2.67. The third-order valence-corrected chi connectivity index (χ3v) is 12.1. The van der Waals surface area contributed by atoms with Crippen molar-refractivity contribution in [2.75, 3.05) is 0 Å². The van der Waals surface area contributed by atoms with Crippen molar-refractivity contribution in [3.05, 3.63) is 89.5 Å². The van der Waals surface area contributed by atoms with E-state index in [2.05, 4.69) is 6.92 Å². The average Bonchev–Trinajstić information content (AvgIpc) is 3.26. The van der Waals surface area contributed by atoms with Crippen LogP contribution in [0.15, 0.2) is 78.4 Å². The van der Waals surface area contributed by atoms with E-state index in [0.717, 1.165) is 11.1 Å². The molecule has 0 spiro atoms. The highest BCUT2D eigenvalue weighted by atomic mass is 16.6. The van der Waals surface area contributed by atoms with Crippen molar-refractivity contribution in [1.29, 1.82) is 0 Å². The van der Waals surface area contributed by atoms with Crippen LogP contribution in [0.2, 0.25) is 0 Å². The predicted octanol–water partition coefficient (Wildman–Crippen LogP) is 4.75. The molecule has 3 unspecified atom stereocenters. The molecular weight excluding hydrogens is 572 g/mol. The molecule has 0 radical (unpaired) electrons. The molecule has 0 aliphatic heterocycles. The van der Waals surface area contributed by atoms with Crippen LogP contribution >= 0.6 is 0 Å². The van der Waals surface area contributed by atoms with Gasteiger partial charge < -0.3 is 29.9 Å². The normalized spacial score (nSPS) is 39.6. The monoisotopic (exact) mass is 616 g/mol. The summed E-state index contributed by atoms with van der Waals surface area (Å²) in [4.78, 5) is 26.6. The summed E-state index contributed by atoms with van der Waals surface area (Å²) in [6.07, 6.45) is 4.27. The van der Waals surface area contributed by atoms with E-state index < -0.39 is 63.8 Å². The van der Waals surface area contributed by atoms with Crippen molar-refractivity contribution >= 4 is 18.0 Å². The zero-order valence-corrected chi connectivity index (χ0v) is 26.2. The minimum absolute atomic E-state index is 0.00993. The molecule has 0 saturated heterocycles. The fraction of sp³-hybridized carbons (Fsp3) is 0.514. The summed E-state index contributed by atoms with van der Waals surface area (Å²) in [5.41, 5.74) is -5.43. The van der Waals surface area contributed by atoms with Gasteiger partial charge in [0, 0.05) is 12.0 Å². The fourth-order valence-corrected chi connectivity index (χ4v) is 9.30. The molecule has 0 aromatic heterocycles. The first-order valence-corrected chi connectivity index (χ1v) is 16.0. The van der Waals surface area contributed by atoms with Gasteiger partial charge in [-0.2, -0.15) is 0 Å². The molecule has 8 heteroatoms. The number of carbonyl (C=O) groups is 2. The Morgan fingerprint density at radius 2 is 1.62 bits per heavy atom. The first-order valence-electron chi connectivity index (χ1n) is 16.0. The van der Waals surface area contributed by atoms with Crippen LogP contribution in [0.4, 0.5) is 0 Å². The van der Waals surface area contributed by atoms with Gasteiger partial charge in [-0.3, -0.25) is 0 Å². The molecule has 4 aliphatic rings. The van der Waals surface area contributed by atoms with Crippen LogP contribution < -0.4 is 0 Å². The molecule has 6 rings (SSSR count). The third-order valence-electron chi connectivity index (χ3n) is 12.1. The van der Waals surface area contributed by atoms with Crippen LogP contribution in [0.5, 0.6) is 0 Å². The topological polar surface area (TPSA) is 134 Å². The van der Waals surface area contributed by atoms with Crippen LogP contribution in [0, 0.1) is 16.7 Å². The Kier molecular flexibility index (Phi) is 7.88. The summed E-state index contributed by atoms with van der Waals surface area (Å²) in [6.45, 7) is 5.31. The van der Waals surface area contributed by atoms with E-state index in [-0.39, 0.29) is 25.7 Å². The van der Waals surface area contributed by atoms with Crippen molar-refractivity contribution < 1.29 is 39.5 Å². The zero-order valence-electron chi connectivity index (χ0n) is 26.2. The van der Waals surface area contributed by atoms with Crippen molar-refractivity contribution in [1.82, 2.24) is 0 Å². The number of rotatable bonds is 6. The third kappa shape index (κ3) is 4.72. The van der Waals surface area contributed by atoms with Crippen molar-refractivity contribution in [2.45, 2.75) is 101 Å². The Morgan fingerprint density at radius 3 is 2.31 bits per heavy atom. The molecule has 2 aromatic rings. The predicted molar refractivity (Wildman–Crippen MR) is 168 cm³/mol. The van der Waals surface area contributed by atoms with Crippen molar-refractivity contribution in [2.24, 2.45) is 16.7 Å². The quantitative estimate of drug-likeness (QED) is 0.208. The second-order valence-electron chi connectivity index (χ2n) is 14.0. The van der Waals surface area contributed by atoms with Crippen LogP contribution in [0.1, 0.15) is 81.6 Å². The molecule has 3 fully saturated rings. The SMILES string of the molecule is CC(OC(=O)c1ccccc1)[C@@]1(O)CC[C@]2(O)[C@]1(C)C(OC(=O)/C=C/c1ccccc1)C[C@@H]1[C@@]3(C)CCC(O)CC3=CC[C@]12O. The van der Waals surface area contributed by atoms with Gasteiger partial charge in [-0.1, -0.05) is 74.0 Å². The first kappa shape index (κ1) is 31.7. The molecule has 8 nitrogen and oxygen atoms in total. The summed E-state index contributed by atoms with van der Waals surface area (Å²) in [7, 11) is 0. The number of hydrogen-bond acceptors (Lipinski definition) is 8. The van der Waals surface area contributed by atoms with Crippen LogP contribution in [-0.2, 0) is 14.3 Å². The van der Waals surface area contributed by atoms with Gasteiger partial charge in [0.15, 0.2) is 0 Å². The number of esters is 2. The van der Waals surface area contributed by atoms with Gasteiger partial charge in [-0.25, -0.2) is 9.59 Å². The maximum Gasteiger partial charge on any atom is 0.338 e. The van der Waals surface area contributed by atoms with E-state index in [9.17, 15) is 30.0 Å². The van der Waals surface area contributed by atoms with E-state index in [4.69, 9.17) is 9.47 Å². The van der Waals surface area contributed by atoms with Crippen molar-refractivity contribution in [3.63, 3.8) is 0 Å². The van der Waals surface area contributed by atoms with Crippen molar-refractivity contribution in [3.8, 4) is 0 Å². The van der Waals surface area contributed by atoms with Gasteiger partial charge in [0.05, 0.1) is 17.1 Å². The summed E-state index contributed by atoms with van der Waals surface area (Å²) in [6, 6.07) is 17.8. The smallest absolute Gasteiger partial charge is 0.338 e. The van der Waals surface area contributed by atoms with E-state index in [1.807, 2.05) is 36.4 Å². The fourth-order valence-electron chi connectivity index (χ4n) is 9.30. The van der Waals surface area contributed by atoms with E-state index in [1.165, 1.54) is 6.08 Å². The maximum atomic E-state index is 13.4. The molecule has 4 aliphatic carbocycles. The minimum Gasteiger partial charge on any atom is -0.458 e.